The van der Waals surface area contributed by atoms with Crippen molar-refractivity contribution in [2.24, 2.45) is 0 Å². The normalized spacial score (nSPS) is 18.5. The predicted octanol–water partition coefficient (Wildman–Crippen LogP) is 3.29. The Morgan fingerprint density at radius 1 is 1.16 bits per heavy atom. The van der Waals surface area contributed by atoms with Crippen molar-refractivity contribution in [3.63, 3.8) is 0 Å². The minimum atomic E-state index is -4.32. The van der Waals surface area contributed by atoms with Crippen molar-refractivity contribution < 1.29 is 36.9 Å². The molecule has 2 unspecified atom stereocenters. The zero-order valence-corrected chi connectivity index (χ0v) is 22.6. The molecule has 4 amide bonds. The number of carbonyl (C=O) groups is 4. The Kier molecular flexibility index (Phi) is 8.36. The van der Waals surface area contributed by atoms with E-state index in [9.17, 15) is 32.1 Å². The largest absolute Gasteiger partial charge is 0.373 e. The highest BCUT2D eigenvalue weighted by Crippen LogP contribution is 2.35. The van der Waals surface area contributed by atoms with Crippen LogP contribution in [0.3, 0.4) is 0 Å². The third-order valence-corrected chi connectivity index (χ3v) is 8.56. The summed E-state index contributed by atoms with van der Waals surface area (Å²) in [6, 6.07) is 8.40. The summed E-state index contributed by atoms with van der Waals surface area (Å²) in [7, 11) is -4.32. The van der Waals surface area contributed by atoms with E-state index in [-0.39, 0.29) is 35.0 Å². The summed E-state index contributed by atoms with van der Waals surface area (Å²) in [4.78, 5) is 51.4. The van der Waals surface area contributed by atoms with Crippen LogP contribution in [0.5, 0.6) is 0 Å². The summed E-state index contributed by atoms with van der Waals surface area (Å²) in [5, 5.41) is 2.19. The number of nitrogens with one attached hydrogen (secondary N) is 1. The Bertz CT molecular complexity index is 1410. The van der Waals surface area contributed by atoms with E-state index < -0.39 is 39.8 Å². The first-order valence-corrected chi connectivity index (χ1v) is 14.6. The van der Waals surface area contributed by atoms with Crippen LogP contribution in [0.1, 0.15) is 70.6 Å². The van der Waals surface area contributed by atoms with Crippen molar-refractivity contribution in [1.82, 2.24) is 10.2 Å². The Hall–Kier alpha value is -3.06. The molecule has 0 aliphatic carbocycles. The average molecular weight is 561 g/mol. The lowest BCUT2D eigenvalue weighted by molar-refractivity contribution is -0.136. The molecular weight excluding hydrogens is 532 g/mol. The fraction of sp³-hybridized carbons (Fsp3) is 0.385. The van der Waals surface area contributed by atoms with Gasteiger partial charge in [0.1, 0.15) is 6.04 Å². The Labute approximate surface area is 224 Å². The van der Waals surface area contributed by atoms with Crippen LogP contribution in [0.15, 0.2) is 46.2 Å². The van der Waals surface area contributed by atoms with Gasteiger partial charge in [-0.1, -0.05) is 19.1 Å². The van der Waals surface area contributed by atoms with Gasteiger partial charge in [0, 0.05) is 23.7 Å². The molecule has 10 nitrogen and oxygen atoms in total. The lowest BCUT2D eigenvalue weighted by atomic mass is 10.0. The number of piperidine rings is 1. The van der Waals surface area contributed by atoms with Gasteiger partial charge in [-0.05, 0) is 61.6 Å². The molecule has 0 radical (unpaired) electrons. The number of rotatable bonds is 10. The van der Waals surface area contributed by atoms with Gasteiger partial charge in [0.15, 0.2) is 0 Å². The molecule has 202 valence electrons. The molecule has 12 heteroatoms. The van der Waals surface area contributed by atoms with Crippen LogP contribution in [0.4, 0.5) is 0 Å². The lowest BCUT2D eigenvalue weighted by Crippen LogP contribution is -2.54. The maximum Gasteiger partial charge on any atom is 0.294 e. The van der Waals surface area contributed by atoms with Crippen LogP contribution < -0.4 is 5.32 Å². The third-order valence-electron chi connectivity index (χ3n) is 6.56. The van der Waals surface area contributed by atoms with Crippen molar-refractivity contribution >= 4 is 45.5 Å². The highest BCUT2D eigenvalue weighted by Gasteiger charge is 2.45. The number of fused-ring (bicyclic) bond motifs is 1. The molecule has 0 aromatic heterocycles. The molecule has 2 aliphatic rings. The second kappa shape index (κ2) is 11.4. The van der Waals surface area contributed by atoms with Gasteiger partial charge < -0.3 is 4.74 Å². The Morgan fingerprint density at radius 3 is 2.61 bits per heavy atom. The van der Waals surface area contributed by atoms with Gasteiger partial charge in [-0.2, -0.15) is 8.42 Å². The number of hydrogen-bond donors (Lipinski definition) is 2. The number of amides is 4. The Morgan fingerprint density at radius 2 is 1.92 bits per heavy atom. The molecule has 0 bridgehead atoms. The van der Waals surface area contributed by atoms with E-state index in [1.807, 2.05) is 13.8 Å². The molecule has 38 heavy (non-hydrogen) atoms. The number of carbonyl (C=O) groups excluding carboxylic acids is 4. The van der Waals surface area contributed by atoms with Gasteiger partial charge in [-0.25, -0.2) is 0 Å². The van der Waals surface area contributed by atoms with E-state index in [2.05, 4.69) is 5.32 Å². The monoisotopic (exact) mass is 560 g/mol. The molecule has 2 aromatic carbocycles. The highest BCUT2D eigenvalue weighted by molar-refractivity contribution is 7.99. The second-order valence-corrected chi connectivity index (χ2v) is 11.6. The number of imide groups is 2. The van der Waals surface area contributed by atoms with E-state index in [0.29, 0.717) is 35.7 Å². The zero-order chi connectivity index (χ0) is 27.6. The highest BCUT2D eigenvalue weighted by atomic mass is 32.2. The molecule has 0 saturated carbocycles. The maximum absolute atomic E-state index is 13.2. The average Bonchev–Trinajstić information content (AvgIpc) is 3.12. The Balaban J connectivity index is 1.38. The topological polar surface area (TPSA) is 147 Å². The zero-order valence-electron chi connectivity index (χ0n) is 20.9. The third kappa shape index (κ3) is 5.68. The molecular formula is C26H28N2O8S2. The molecule has 2 aliphatic heterocycles. The van der Waals surface area contributed by atoms with Crippen molar-refractivity contribution in [3.05, 3.63) is 58.7 Å². The van der Waals surface area contributed by atoms with Crippen molar-refractivity contribution in [2.45, 2.75) is 61.5 Å². The van der Waals surface area contributed by atoms with Crippen molar-refractivity contribution in [2.75, 3.05) is 12.4 Å². The van der Waals surface area contributed by atoms with Crippen molar-refractivity contribution in [1.29, 1.82) is 0 Å². The molecule has 2 aromatic rings. The summed E-state index contributed by atoms with van der Waals surface area (Å²) < 4.78 is 38.5. The van der Waals surface area contributed by atoms with Gasteiger partial charge in [-0.15, -0.1) is 11.8 Å². The molecule has 1 fully saturated rings. The number of thioether (sulfide) groups is 1. The van der Waals surface area contributed by atoms with Crippen molar-refractivity contribution in [3.8, 4) is 0 Å². The first-order chi connectivity index (χ1) is 18.0. The predicted molar refractivity (Wildman–Crippen MR) is 138 cm³/mol. The summed E-state index contributed by atoms with van der Waals surface area (Å²) in [6.07, 6.45) is 1.01. The van der Waals surface area contributed by atoms with Gasteiger partial charge in [0.2, 0.25) is 11.8 Å². The summed E-state index contributed by atoms with van der Waals surface area (Å²) in [5.41, 5.74) is 2.04. The standard InChI is InChI=1S/C26H28N2O8S2/c1-3-20(18-14-16(38(33,34)35)9-8-15(18)2)36-12-5-13-37-21-7-4-6-17-23(21)26(32)28(25(17)31)19-10-11-22(29)27-24(19)30/h4,6-9,14,19-20H,3,5,10-13H2,1-2H3,(H,27,29,30)(H,33,34,35). The first kappa shape index (κ1) is 28.0. The van der Waals surface area contributed by atoms with Gasteiger partial charge in [-0.3, -0.25) is 33.9 Å². The van der Waals surface area contributed by atoms with Crippen LogP contribution in [0.2, 0.25) is 0 Å². The maximum atomic E-state index is 13.2. The summed E-state index contributed by atoms with van der Waals surface area (Å²) in [6.45, 7) is 4.13. The minimum absolute atomic E-state index is 0.0593. The summed E-state index contributed by atoms with van der Waals surface area (Å²) in [5.74, 6) is -1.58. The number of aryl methyl sites for hydroxylation is 1. The van der Waals surface area contributed by atoms with E-state index in [0.717, 1.165) is 10.5 Å². The van der Waals surface area contributed by atoms with Crippen LogP contribution in [-0.2, 0) is 24.4 Å². The first-order valence-electron chi connectivity index (χ1n) is 12.2. The van der Waals surface area contributed by atoms with Crippen LogP contribution >= 0.6 is 11.8 Å². The molecule has 1 saturated heterocycles. The van der Waals surface area contributed by atoms with E-state index in [1.54, 1.807) is 24.3 Å². The van der Waals surface area contributed by atoms with Gasteiger partial charge in [0.05, 0.1) is 22.1 Å². The second-order valence-electron chi connectivity index (χ2n) is 9.09. The number of nitrogens with zero attached hydrogens (tertiary/aromatic N) is 1. The molecule has 2 N–H and O–H groups in total. The van der Waals surface area contributed by atoms with Crippen LogP contribution in [0.25, 0.3) is 0 Å². The van der Waals surface area contributed by atoms with E-state index in [4.69, 9.17) is 4.74 Å². The molecule has 4 rings (SSSR count). The molecule has 0 spiro atoms. The SMILES string of the molecule is CCC(OCCCSc1cccc2c1C(=O)N(C1CCC(=O)NC1=O)C2=O)c1cc(S(=O)(=O)O)ccc1C. The summed E-state index contributed by atoms with van der Waals surface area (Å²) >= 11 is 1.40. The van der Waals surface area contributed by atoms with Crippen LogP contribution in [0, 0.1) is 6.92 Å². The smallest absolute Gasteiger partial charge is 0.294 e. The molecule has 2 atom stereocenters. The number of benzene rings is 2. The number of hydrogen-bond acceptors (Lipinski definition) is 8. The molecule has 2 heterocycles. The van der Waals surface area contributed by atoms with Crippen LogP contribution in [-0.4, -0.2) is 59.9 Å². The fourth-order valence-electron chi connectivity index (χ4n) is 4.62. The van der Waals surface area contributed by atoms with Gasteiger partial charge >= 0.3 is 0 Å². The van der Waals surface area contributed by atoms with Gasteiger partial charge in [0.25, 0.3) is 21.9 Å². The minimum Gasteiger partial charge on any atom is -0.373 e. The lowest BCUT2D eigenvalue weighted by Gasteiger charge is -2.27. The number of ether oxygens (including phenoxy) is 1. The van der Waals surface area contributed by atoms with E-state index >= 15 is 0 Å². The fourth-order valence-corrected chi connectivity index (χ4v) is 6.14. The van der Waals surface area contributed by atoms with E-state index in [1.165, 1.54) is 23.9 Å². The quantitative estimate of drug-likeness (QED) is 0.193.